The molecule has 0 aliphatic rings. The molecule has 1 N–H and O–H groups in total. The normalized spacial score (nSPS) is 10.6. The van der Waals surface area contributed by atoms with Crippen LogP contribution in [0.1, 0.15) is 10.4 Å². The molecule has 8 heteroatoms. The van der Waals surface area contributed by atoms with E-state index in [0.717, 1.165) is 0 Å². The van der Waals surface area contributed by atoms with Gasteiger partial charge in [0.1, 0.15) is 0 Å². The lowest BCUT2D eigenvalue weighted by atomic mass is 10.2. The van der Waals surface area contributed by atoms with Gasteiger partial charge in [-0.3, -0.25) is 10.1 Å². The predicted octanol–water partition coefficient (Wildman–Crippen LogP) is 4.00. The lowest BCUT2D eigenvalue weighted by molar-refractivity contribution is 0.102. The molecule has 1 aromatic carbocycles. The van der Waals surface area contributed by atoms with Crippen LogP contribution < -0.4 is 5.32 Å². The maximum absolute atomic E-state index is 12.0. The summed E-state index contributed by atoms with van der Waals surface area (Å²) in [6, 6.07) is 9.79. The van der Waals surface area contributed by atoms with Crippen molar-refractivity contribution in [2.75, 3.05) is 5.32 Å². The number of nitrogens with one attached hydrogen (secondary N) is 1. The summed E-state index contributed by atoms with van der Waals surface area (Å²) in [5.41, 5.74) is 0.430. The molecular formula is C13H7BrClN3O3. The number of nitrogens with zero attached hydrogens (tertiary/aromatic N) is 2. The van der Waals surface area contributed by atoms with Crippen molar-refractivity contribution in [1.82, 2.24) is 10.2 Å². The molecule has 0 spiro atoms. The number of rotatable bonds is 3. The molecule has 3 rings (SSSR count). The van der Waals surface area contributed by atoms with Crippen molar-refractivity contribution < 1.29 is 13.6 Å². The van der Waals surface area contributed by atoms with Crippen molar-refractivity contribution >= 4 is 39.5 Å². The van der Waals surface area contributed by atoms with Crippen molar-refractivity contribution in [3.05, 3.63) is 51.7 Å². The highest BCUT2D eigenvalue weighted by Gasteiger charge is 2.14. The van der Waals surface area contributed by atoms with E-state index in [4.69, 9.17) is 20.4 Å². The minimum atomic E-state index is -0.373. The van der Waals surface area contributed by atoms with Crippen LogP contribution in [-0.2, 0) is 0 Å². The van der Waals surface area contributed by atoms with E-state index in [1.165, 1.54) is 0 Å². The zero-order valence-electron chi connectivity index (χ0n) is 10.3. The summed E-state index contributed by atoms with van der Waals surface area (Å²) in [4.78, 5) is 12.0. The van der Waals surface area contributed by atoms with Gasteiger partial charge in [0.25, 0.3) is 11.8 Å². The van der Waals surface area contributed by atoms with E-state index in [1.54, 1.807) is 36.4 Å². The van der Waals surface area contributed by atoms with Crippen LogP contribution in [0, 0.1) is 0 Å². The summed E-state index contributed by atoms with van der Waals surface area (Å²) >= 11 is 8.94. The molecule has 0 aliphatic carbocycles. The Labute approximate surface area is 132 Å². The molecule has 2 aromatic heterocycles. The van der Waals surface area contributed by atoms with Gasteiger partial charge in [0.15, 0.2) is 10.4 Å². The average Bonchev–Trinajstić information content (AvgIpc) is 3.08. The Morgan fingerprint density at radius 1 is 1.10 bits per heavy atom. The number of hydrogen-bond donors (Lipinski definition) is 1. The molecule has 106 valence electrons. The fourth-order valence-corrected chi connectivity index (χ4v) is 2.01. The van der Waals surface area contributed by atoms with Crippen LogP contribution in [0.15, 0.2) is 49.9 Å². The second-order valence-corrected chi connectivity index (χ2v) is 5.20. The SMILES string of the molecule is O=C(Nc1nnc(-c2ccc(Br)o2)o1)c1ccc(Cl)cc1. The number of furan rings is 1. The number of anilines is 1. The molecule has 3 aromatic rings. The Morgan fingerprint density at radius 3 is 2.52 bits per heavy atom. The Kier molecular flexibility index (Phi) is 3.76. The summed E-state index contributed by atoms with van der Waals surface area (Å²) in [6.45, 7) is 0. The van der Waals surface area contributed by atoms with Crippen LogP contribution in [0.5, 0.6) is 0 Å². The van der Waals surface area contributed by atoms with Crippen molar-refractivity contribution in [3.63, 3.8) is 0 Å². The lowest BCUT2D eigenvalue weighted by Gasteiger charge is -2.00. The number of carbonyl (C=O) groups is 1. The Balaban J connectivity index is 1.75. The van der Waals surface area contributed by atoms with E-state index in [9.17, 15) is 4.79 Å². The molecule has 0 saturated carbocycles. The fraction of sp³-hybridized carbons (Fsp3) is 0. The highest BCUT2D eigenvalue weighted by Crippen LogP contribution is 2.25. The third-order valence-corrected chi connectivity index (χ3v) is 3.21. The number of aromatic nitrogens is 2. The van der Waals surface area contributed by atoms with Crippen LogP contribution in [-0.4, -0.2) is 16.1 Å². The van der Waals surface area contributed by atoms with Gasteiger partial charge in [0, 0.05) is 10.6 Å². The van der Waals surface area contributed by atoms with Crippen molar-refractivity contribution in [3.8, 4) is 11.7 Å². The van der Waals surface area contributed by atoms with Crippen molar-refractivity contribution in [1.29, 1.82) is 0 Å². The topological polar surface area (TPSA) is 81.2 Å². The van der Waals surface area contributed by atoms with E-state index in [1.807, 2.05) is 0 Å². The first-order valence-corrected chi connectivity index (χ1v) is 6.95. The van der Waals surface area contributed by atoms with Crippen molar-refractivity contribution in [2.45, 2.75) is 0 Å². The van der Waals surface area contributed by atoms with Gasteiger partial charge in [-0.15, -0.1) is 5.10 Å². The molecule has 6 nitrogen and oxygen atoms in total. The van der Waals surface area contributed by atoms with Crippen molar-refractivity contribution in [2.24, 2.45) is 0 Å². The summed E-state index contributed by atoms with van der Waals surface area (Å²) in [6.07, 6.45) is 0. The monoisotopic (exact) mass is 367 g/mol. The predicted molar refractivity (Wildman–Crippen MR) is 79.1 cm³/mol. The highest BCUT2D eigenvalue weighted by atomic mass is 79.9. The third kappa shape index (κ3) is 3.14. The van der Waals surface area contributed by atoms with Crippen LogP contribution in [0.2, 0.25) is 5.02 Å². The fourth-order valence-electron chi connectivity index (χ4n) is 1.57. The van der Waals surface area contributed by atoms with E-state index >= 15 is 0 Å². The molecule has 0 aliphatic heterocycles. The average molecular weight is 369 g/mol. The van der Waals surface area contributed by atoms with Gasteiger partial charge in [-0.1, -0.05) is 16.7 Å². The molecule has 0 saturated heterocycles. The van der Waals surface area contributed by atoms with E-state index in [-0.39, 0.29) is 17.8 Å². The molecule has 0 radical (unpaired) electrons. The first-order valence-electron chi connectivity index (χ1n) is 5.78. The van der Waals surface area contributed by atoms with Gasteiger partial charge in [-0.25, -0.2) is 0 Å². The Bertz CT molecular complexity index is 782. The van der Waals surface area contributed by atoms with Gasteiger partial charge in [-0.05, 0) is 52.3 Å². The quantitative estimate of drug-likeness (QED) is 0.756. The largest absolute Gasteiger partial charge is 0.444 e. The third-order valence-electron chi connectivity index (χ3n) is 2.54. The first kappa shape index (κ1) is 13.8. The summed E-state index contributed by atoms with van der Waals surface area (Å²) < 4.78 is 11.1. The Hall–Kier alpha value is -2.12. The van der Waals surface area contributed by atoms with Gasteiger partial charge in [0.05, 0.1) is 0 Å². The van der Waals surface area contributed by atoms with E-state index in [0.29, 0.717) is 21.0 Å². The molecule has 1 amide bonds. The van der Waals surface area contributed by atoms with Gasteiger partial charge in [0.2, 0.25) is 0 Å². The van der Waals surface area contributed by atoms with Gasteiger partial charge < -0.3 is 8.83 Å². The lowest BCUT2D eigenvalue weighted by Crippen LogP contribution is -2.11. The molecule has 0 fully saturated rings. The zero-order chi connectivity index (χ0) is 14.8. The second kappa shape index (κ2) is 5.71. The Morgan fingerprint density at radius 2 is 1.86 bits per heavy atom. The number of amides is 1. The minimum absolute atomic E-state index is 0.0162. The molecule has 0 bridgehead atoms. The number of benzene rings is 1. The highest BCUT2D eigenvalue weighted by molar-refractivity contribution is 9.10. The number of carbonyl (C=O) groups excluding carboxylic acids is 1. The van der Waals surface area contributed by atoms with Gasteiger partial charge in [-0.2, -0.15) is 0 Å². The minimum Gasteiger partial charge on any atom is -0.444 e. The summed E-state index contributed by atoms with van der Waals surface area (Å²) in [5.74, 6) is 0.205. The van der Waals surface area contributed by atoms with Crippen LogP contribution in [0.3, 0.4) is 0 Å². The maximum atomic E-state index is 12.0. The molecule has 0 atom stereocenters. The smallest absolute Gasteiger partial charge is 0.322 e. The van der Waals surface area contributed by atoms with E-state index in [2.05, 4.69) is 31.4 Å². The molecular weight excluding hydrogens is 362 g/mol. The van der Waals surface area contributed by atoms with Crippen LogP contribution >= 0.6 is 27.5 Å². The van der Waals surface area contributed by atoms with E-state index < -0.39 is 0 Å². The molecule has 21 heavy (non-hydrogen) atoms. The van der Waals surface area contributed by atoms with Crippen LogP contribution in [0.4, 0.5) is 6.01 Å². The molecule has 2 heterocycles. The summed E-state index contributed by atoms with van der Waals surface area (Å²) in [7, 11) is 0. The number of hydrogen-bond acceptors (Lipinski definition) is 5. The maximum Gasteiger partial charge on any atom is 0.322 e. The first-order chi connectivity index (χ1) is 10.1. The molecule has 0 unspecified atom stereocenters. The van der Waals surface area contributed by atoms with Crippen LogP contribution in [0.25, 0.3) is 11.7 Å². The van der Waals surface area contributed by atoms with Gasteiger partial charge >= 0.3 is 6.01 Å². The number of halogens is 2. The summed E-state index contributed by atoms with van der Waals surface area (Å²) in [5, 5.41) is 10.6. The second-order valence-electron chi connectivity index (χ2n) is 3.98. The standard InChI is InChI=1S/C13H7BrClN3O3/c14-10-6-5-9(20-10)12-17-18-13(21-12)16-11(19)7-1-3-8(15)4-2-7/h1-6H,(H,16,18,19). The zero-order valence-corrected chi connectivity index (χ0v) is 12.7.